The molecule has 1 amide bonds. The first-order valence-corrected chi connectivity index (χ1v) is 8.36. The highest BCUT2D eigenvalue weighted by molar-refractivity contribution is 9.10. The van der Waals surface area contributed by atoms with Crippen molar-refractivity contribution in [3.8, 4) is 0 Å². The van der Waals surface area contributed by atoms with Crippen LogP contribution in [0.15, 0.2) is 46.9 Å². The Hall–Kier alpha value is -2.34. The molecule has 2 aromatic carbocycles. The second kappa shape index (κ2) is 8.49. The van der Waals surface area contributed by atoms with Crippen LogP contribution in [0.5, 0.6) is 0 Å². The van der Waals surface area contributed by atoms with E-state index >= 15 is 0 Å². The molecule has 0 unspecified atom stereocenters. The van der Waals surface area contributed by atoms with Crippen LogP contribution in [0.3, 0.4) is 0 Å². The summed E-state index contributed by atoms with van der Waals surface area (Å²) in [5.74, 6) is -0.611. The molecule has 0 aliphatic heterocycles. The van der Waals surface area contributed by atoms with Crippen LogP contribution in [0.4, 0.5) is 11.4 Å². The van der Waals surface area contributed by atoms with Crippen LogP contribution in [0, 0.1) is 6.92 Å². The van der Waals surface area contributed by atoms with E-state index in [1.165, 1.54) is 0 Å². The van der Waals surface area contributed by atoms with Crippen molar-refractivity contribution < 1.29 is 14.3 Å². The van der Waals surface area contributed by atoms with Gasteiger partial charge in [-0.25, -0.2) is 4.79 Å². The van der Waals surface area contributed by atoms with E-state index in [2.05, 4.69) is 26.6 Å². The Balaban J connectivity index is 1.99. The van der Waals surface area contributed by atoms with E-state index in [-0.39, 0.29) is 12.5 Å². The van der Waals surface area contributed by atoms with Gasteiger partial charge in [0.2, 0.25) is 5.91 Å². The number of ether oxygens (including phenoxy) is 1. The van der Waals surface area contributed by atoms with Crippen LogP contribution in [0.1, 0.15) is 22.8 Å². The number of benzene rings is 2. The van der Waals surface area contributed by atoms with Gasteiger partial charge in [0, 0.05) is 15.8 Å². The van der Waals surface area contributed by atoms with Crippen molar-refractivity contribution in [1.29, 1.82) is 0 Å². The van der Waals surface area contributed by atoms with Crippen molar-refractivity contribution in [2.24, 2.45) is 0 Å². The van der Waals surface area contributed by atoms with Crippen molar-refractivity contribution in [3.63, 3.8) is 0 Å². The zero-order valence-corrected chi connectivity index (χ0v) is 15.1. The molecule has 0 fully saturated rings. The molecule has 24 heavy (non-hydrogen) atoms. The van der Waals surface area contributed by atoms with Crippen LogP contribution in [0.2, 0.25) is 0 Å². The van der Waals surface area contributed by atoms with E-state index in [9.17, 15) is 9.59 Å². The standard InChI is InChI=1S/C18H19BrN2O3/c1-3-24-18(23)14-6-4-5-7-16(14)20-11-17(22)21-13-8-9-15(19)12(2)10-13/h4-10,20H,3,11H2,1-2H3,(H,21,22). The van der Waals surface area contributed by atoms with E-state index in [1.807, 2.05) is 25.1 Å². The van der Waals surface area contributed by atoms with E-state index in [0.717, 1.165) is 15.7 Å². The second-order valence-electron chi connectivity index (χ2n) is 5.13. The van der Waals surface area contributed by atoms with Gasteiger partial charge in [-0.2, -0.15) is 0 Å². The van der Waals surface area contributed by atoms with Gasteiger partial charge < -0.3 is 15.4 Å². The third-order valence-electron chi connectivity index (χ3n) is 3.30. The van der Waals surface area contributed by atoms with Gasteiger partial charge in [0.25, 0.3) is 0 Å². The molecular formula is C18H19BrN2O3. The van der Waals surface area contributed by atoms with Gasteiger partial charge in [-0.3, -0.25) is 4.79 Å². The summed E-state index contributed by atoms with van der Waals surface area (Å²) < 4.78 is 6.00. The largest absolute Gasteiger partial charge is 0.462 e. The number of amides is 1. The molecule has 0 radical (unpaired) electrons. The van der Waals surface area contributed by atoms with Crippen LogP contribution < -0.4 is 10.6 Å². The van der Waals surface area contributed by atoms with Crippen molar-refractivity contribution in [2.45, 2.75) is 13.8 Å². The predicted molar refractivity (Wildman–Crippen MR) is 98.4 cm³/mol. The molecular weight excluding hydrogens is 372 g/mol. The summed E-state index contributed by atoms with van der Waals surface area (Å²) in [6, 6.07) is 12.5. The number of hydrogen-bond acceptors (Lipinski definition) is 4. The molecule has 0 atom stereocenters. The Kier molecular flexibility index (Phi) is 6.37. The molecule has 0 aliphatic carbocycles. The molecule has 0 spiro atoms. The van der Waals surface area contributed by atoms with Crippen molar-refractivity contribution in [2.75, 3.05) is 23.8 Å². The summed E-state index contributed by atoms with van der Waals surface area (Å²) in [5, 5.41) is 5.79. The summed E-state index contributed by atoms with van der Waals surface area (Å²) >= 11 is 3.42. The Bertz CT molecular complexity index is 747. The summed E-state index contributed by atoms with van der Waals surface area (Å²) in [4.78, 5) is 24.0. The quantitative estimate of drug-likeness (QED) is 0.731. The van der Waals surface area contributed by atoms with Gasteiger partial charge in [-0.1, -0.05) is 28.1 Å². The summed E-state index contributed by atoms with van der Waals surface area (Å²) in [7, 11) is 0. The summed E-state index contributed by atoms with van der Waals surface area (Å²) in [6.07, 6.45) is 0. The Morgan fingerprint density at radius 3 is 2.62 bits per heavy atom. The molecule has 0 heterocycles. The van der Waals surface area contributed by atoms with Gasteiger partial charge in [0.15, 0.2) is 0 Å². The number of carbonyl (C=O) groups is 2. The van der Waals surface area contributed by atoms with E-state index in [0.29, 0.717) is 17.9 Å². The molecule has 0 aliphatic rings. The summed E-state index contributed by atoms with van der Waals surface area (Å²) in [5.41, 5.74) is 2.74. The van der Waals surface area contributed by atoms with Crippen LogP contribution in [-0.4, -0.2) is 25.0 Å². The number of halogens is 1. The van der Waals surface area contributed by atoms with Crippen molar-refractivity contribution >= 4 is 39.2 Å². The number of carbonyl (C=O) groups excluding carboxylic acids is 2. The van der Waals surface area contributed by atoms with Gasteiger partial charge in [0.05, 0.1) is 18.7 Å². The topological polar surface area (TPSA) is 67.4 Å². The van der Waals surface area contributed by atoms with E-state index in [4.69, 9.17) is 4.74 Å². The monoisotopic (exact) mass is 390 g/mol. The SMILES string of the molecule is CCOC(=O)c1ccccc1NCC(=O)Nc1ccc(Br)c(C)c1. The Morgan fingerprint density at radius 1 is 1.17 bits per heavy atom. The lowest BCUT2D eigenvalue weighted by Gasteiger charge is -2.12. The van der Waals surface area contributed by atoms with Crippen LogP contribution in [-0.2, 0) is 9.53 Å². The number of rotatable bonds is 6. The fourth-order valence-corrected chi connectivity index (χ4v) is 2.37. The normalized spacial score (nSPS) is 10.1. The number of anilines is 2. The van der Waals surface area contributed by atoms with Gasteiger partial charge >= 0.3 is 5.97 Å². The van der Waals surface area contributed by atoms with E-state index < -0.39 is 5.97 Å². The molecule has 5 nitrogen and oxygen atoms in total. The third-order valence-corrected chi connectivity index (χ3v) is 4.19. The Labute approximate surface area is 149 Å². The molecule has 0 saturated carbocycles. The Morgan fingerprint density at radius 2 is 1.92 bits per heavy atom. The minimum Gasteiger partial charge on any atom is -0.462 e. The average Bonchev–Trinajstić information content (AvgIpc) is 2.57. The number of nitrogens with one attached hydrogen (secondary N) is 2. The molecule has 6 heteroatoms. The molecule has 2 N–H and O–H groups in total. The lowest BCUT2D eigenvalue weighted by atomic mass is 10.2. The first-order chi connectivity index (χ1) is 11.5. The number of para-hydroxylation sites is 1. The van der Waals surface area contributed by atoms with Gasteiger partial charge in [-0.05, 0) is 49.7 Å². The second-order valence-corrected chi connectivity index (χ2v) is 5.99. The first-order valence-electron chi connectivity index (χ1n) is 7.57. The third kappa shape index (κ3) is 4.83. The lowest BCUT2D eigenvalue weighted by Crippen LogP contribution is -2.22. The smallest absolute Gasteiger partial charge is 0.340 e. The molecule has 2 rings (SSSR count). The maximum Gasteiger partial charge on any atom is 0.340 e. The molecule has 0 aromatic heterocycles. The molecule has 2 aromatic rings. The average molecular weight is 391 g/mol. The van der Waals surface area contributed by atoms with Crippen LogP contribution in [0.25, 0.3) is 0 Å². The number of hydrogen-bond donors (Lipinski definition) is 2. The lowest BCUT2D eigenvalue weighted by molar-refractivity contribution is -0.114. The fraction of sp³-hybridized carbons (Fsp3) is 0.222. The minimum atomic E-state index is -0.412. The van der Waals surface area contributed by atoms with E-state index in [1.54, 1.807) is 31.2 Å². The van der Waals surface area contributed by atoms with Crippen LogP contribution >= 0.6 is 15.9 Å². The summed E-state index contributed by atoms with van der Waals surface area (Å²) in [6.45, 7) is 4.05. The maximum atomic E-state index is 12.1. The molecule has 126 valence electrons. The number of aryl methyl sites for hydroxylation is 1. The highest BCUT2D eigenvalue weighted by Crippen LogP contribution is 2.20. The predicted octanol–water partition coefficient (Wildman–Crippen LogP) is 3.98. The van der Waals surface area contributed by atoms with Gasteiger partial charge in [-0.15, -0.1) is 0 Å². The number of esters is 1. The van der Waals surface area contributed by atoms with Crippen molar-refractivity contribution in [1.82, 2.24) is 0 Å². The fourth-order valence-electron chi connectivity index (χ4n) is 2.13. The zero-order valence-electron chi connectivity index (χ0n) is 13.6. The first kappa shape index (κ1) is 18.0. The van der Waals surface area contributed by atoms with Crippen molar-refractivity contribution in [3.05, 3.63) is 58.1 Å². The highest BCUT2D eigenvalue weighted by atomic mass is 79.9. The highest BCUT2D eigenvalue weighted by Gasteiger charge is 2.12. The zero-order chi connectivity index (χ0) is 17.5. The molecule has 0 bridgehead atoms. The van der Waals surface area contributed by atoms with Gasteiger partial charge in [0.1, 0.15) is 0 Å². The maximum absolute atomic E-state index is 12.1. The minimum absolute atomic E-state index is 0.0472. The molecule has 0 saturated heterocycles.